The Morgan fingerprint density at radius 3 is 0.756 bits per heavy atom. The van der Waals surface area contributed by atoms with E-state index in [9.17, 15) is 24.0 Å². The number of H-pyrrole nitrogens is 1. The van der Waals surface area contributed by atoms with Gasteiger partial charge in [0.1, 0.15) is 18.2 Å². The molecule has 6 aromatic heterocycles. The van der Waals surface area contributed by atoms with Crippen molar-refractivity contribution in [3.63, 3.8) is 0 Å². The summed E-state index contributed by atoms with van der Waals surface area (Å²) in [5, 5.41) is 2.48. The van der Waals surface area contributed by atoms with Gasteiger partial charge < -0.3 is 31.8 Å². The third-order valence-corrected chi connectivity index (χ3v) is 20.9. The zero-order valence-corrected chi connectivity index (χ0v) is 72.1. The lowest BCUT2D eigenvalue weighted by Crippen LogP contribution is -2.02. The minimum atomic E-state index is -0.394. The summed E-state index contributed by atoms with van der Waals surface area (Å²) in [7, 11) is 0. The molecule has 6 heterocycles. The van der Waals surface area contributed by atoms with Crippen LogP contribution in [0.5, 0.6) is 5.75 Å². The first kappa shape index (κ1) is 88.4. The lowest BCUT2D eigenvalue weighted by molar-refractivity contribution is 0.368. The van der Waals surface area contributed by atoms with E-state index in [4.69, 9.17) is 33.2 Å². The Labute approximate surface area is 733 Å². The highest BCUT2D eigenvalue weighted by atomic mass is 16.5. The fourth-order valence-corrected chi connectivity index (χ4v) is 13.0. The molecule has 0 radical (unpaired) electrons. The van der Waals surface area contributed by atoms with Crippen LogP contribution < -0.4 is 32.9 Å². The van der Waals surface area contributed by atoms with Gasteiger partial charge in [-0.2, -0.15) is 0 Å². The largest absolute Gasteiger partial charge is 0.481 e. The van der Waals surface area contributed by atoms with Crippen LogP contribution in [0.25, 0.3) is 138 Å². The predicted molar refractivity (Wildman–Crippen MR) is 516 cm³/mol. The molecule has 0 aliphatic rings. The SMILES string of the molecule is C#CCOc1ccc(/C=C/c2nc3ccccc3c(=O)o2)cc1C.Cc1ccc(/C=C/c2nc3ccccc3[nH]2)cc1C.Cc1ccc(/C=C/c2nc3ccccc3c(=O)o2)cc1C.Cc1ccc(/C=C/c2nc3ccccc3c(=O)o2)cc1C.Cc1ccc(/C=C/c2nc3ccccc3c(=O)o2)cc1C.Cc1ccc(/C=C/c2nc3ccccc3c(=O)o2)cc1C. The van der Waals surface area contributed by atoms with Crippen molar-refractivity contribution in [1.82, 2.24) is 34.9 Å². The molecule has 0 bridgehead atoms. The third kappa shape index (κ3) is 24.1. The molecule has 12 aromatic carbocycles. The van der Waals surface area contributed by atoms with Crippen molar-refractivity contribution < 1.29 is 26.8 Å². The van der Waals surface area contributed by atoms with E-state index in [0.29, 0.717) is 78.1 Å². The molecule has 628 valence electrons. The van der Waals surface area contributed by atoms with Crippen molar-refractivity contribution in [3.05, 3.63) is 437 Å². The summed E-state index contributed by atoms with van der Waals surface area (Å²) in [5.74, 6) is 5.61. The highest BCUT2D eigenvalue weighted by molar-refractivity contribution is 5.84. The number of aromatic amines is 1. The van der Waals surface area contributed by atoms with Crippen LogP contribution in [0.3, 0.4) is 0 Å². The number of hydrogen-bond donors (Lipinski definition) is 1. The van der Waals surface area contributed by atoms with Crippen molar-refractivity contribution in [2.75, 3.05) is 6.61 Å². The monoisotopic (exact) mass is 1670 g/mol. The molecule has 18 rings (SSSR count). The number of benzene rings is 12. The molecule has 0 atom stereocenters. The highest BCUT2D eigenvalue weighted by Crippen LogP contribution is 2.24. The smallest absolute Gasteiger partial charge is 0.347 e. The summed E-state index contributed by atoms with van der Waals surface area (Å²) >= 11 is 0. The second kappa shape index (κ2) is 41.9. The van der Waals surface area contributed by atoms with Crippen LogP contribution in [0.1, 0.15) is 130 Å². The number of imidazole rings is 1. The van der Waals surface area contributed by atoms with Crippen LogP contribution in [-0.4, -0.2) is 41.5 Å². The van der Waals surface area contributed by atoms with E-state index in [1.165, 1.54) is 61.2 Å². The summed E-state index contributed by atoms with van der Waals surface area (Å²) in [4.78, 5) is 88.9. The summed E-state index contributed by atoms with van der Waals surface area (Å²) in [5.41, 5.74) is 23.3. The molecular formula is C109H91N7O11. The number of aryl methyl sites for hydroxylation is 11. The normalized spacial score (nSPS) is 11.3. The van der Waals surface area contributed by atoms with Crippen LogP contribution in [0.4, 0.5) is 0 Å². The van der Waals surface area contributed by atoms with Gasteiger partial charge in [0.2, 0.25) is 29.5 Å². The van der Waals surface area contributed by atoms with Gasteiger partial charge in [-0.1, -0.05) is 182 Å². The lowest BCUT2D eigenvalue weighted by Gasteiger charge is -2.06. The van der Waals surface area contributed by atoms with Crippen molar-refractivity contribution in [1.29, 1.82) is 0 Å². The predicted octanol–water partition coefficient (Wildman–Crippen LogP) is 23.9. The minimum absolute atomic E-state index is 0.238. The number of terminal acetylenes is 1. The summed E-state index contributed by atoms with van der Waals surface area (Å²) in [6, 6.07) is 80.7. The fourth-order valence-electron chi connectivity index (χ4n) is 13.0. The minimum Gasteiger partial charge on any atom is -0.481 e. The van der Waals surface area contributed by atoms with Gasteiger partial charge in [0.15, 0.2) is 0 Å². The van der Waals surface area contributed by atoms with E-state index < -0.39 is 5.63 Å². The average molecular weight is 1670 g/mol. The second-order valence-electron chi connectivity index (χ2n) is 30.2. The molecule has 0 spiro atoms. The number of nitrogens with one attached hydrogen (secondary N) is 1. The molecule has 0 unspecified atom stereocenters. The van der Waals surface area contributed by atoms with Crippen molar-refractivity contribution >= 4 is 138 Å². The Balaban J connectivity index is 0.000000131. The molecule has 18 aromatic rings. The van der Waals surface area contributed by atoms with Crippen molar-refractivity contribution in [2.45, 2.75) is 76.2 Å². The lowest BCUT2D eigenvalue weighted by atomic mass is 10.1. The Kier molecular flexibility index (Phi) is 29.2. The Hall–Kier alpha value is -16.4. The third-order valence-electron chi connectivity index (χ3n) is 20.9. The maximum absolute atomic E-state index is 11.9. The first-order valence-electron chi connectivity index (χ1n) is 41.0. The van der Waals surface area contributed by atoms with E-state index in [1.807, 2.05) is 140 Å². The van der Waals surface area contributed by atoms with Gasteiger partial charge in [-0.25, -0.2) is 53.9 Å². The fraction of sp³-hybridized carbons (Fsp3) is 0.110. The van der Waals surface area contributed by atoms with Gasteiger partial charge in [0.05, 0.1) is 65.5 Å². The number of hydrogen-bond acceptors (Lipinski definition) is 17. The van der Waals surface area contributed by atoms with Gasteiger partial charge in [-0.05, 0) is 292 Å². The van der Waals surface area contributed by atoms with Crippen molar-refractivity contribution in [3.8, 4) is 18.1 Å². The van der Waals surface area contributed by atoms with E-state index in [2.05, 4.69) is 183 Å². The Morgan fingerprint density at radius 1 is 0.268 bits per heavy atom. The average Bonchev–Trinajstić information content (AvgIpc) is 1.71. The van der Waals surface area contributed by atoms with Gasteiger partial charge in [-0.15, -0.1) is 6.42 Å². The van der Waals surface area contributed by atoms with Gasteiger partial charge in [0, 0.05) is 30.4 Å². The number of fused-ring (bicyclic) bond motifs is 6. The molecule has 0 saturated carbocycles. The van der Waals surface area contributed by atoms with E-state index in [-0.39, 0.29) is 35.0 Å². The molecule has 0 fully saturated rings. The van der Waals surface area contributed by atoms with Gasteiger partial charge in [0.25, 0.3) is 0 Å². The maximum Gasteiger partial charge on any atom is 0.347 e. The first-order valence-corrected chi connectivity index (χ1v) is 41.0. The molecule has 0 amide bonds. The van der Waals surface area contributed by atoms with E-state index in [1.54, 1.807) is 121 Å². The molecule has 0 aliphatic carbocycles. The van der Waals surface area contributed by atoms with Crippen LogP contribution in [0.2, 0.25) is 0 Å². The number of para-hydroxylation sites is 7. The zero-order chi connectivity index (χ0) is 89.5. The van der Waals surface area contributed by atoms with Crippen LogP contribution in [0.15, 0.2) is 301 Å². The van der Waals surface area contributed by atoms with Gasteiger partial charge >= 0.3 is 28.1 Å². The first-order chi connectivity index (χ1) is 61.4. The molecule has 127 heavy (non-hydrogen) atoms. The Morgan fingerprint density at radius 2 is 0.504 bits per heavy atom. The highest BCUT2D eigenvalue weighted by Gasteiger charge is 2.11. The Bertz CT molecular complexity index is 7020. The summed E-state index contributed by atoms with van der Waals surface area (Å²) in [6.45, 7) is 23.0. The van der Waals surface area contributed by atoms with Crippen LogP contribution in [-0.2, 0) is 0 Å². The zero-order valence-electron chi connectivity index (χ0n) is 72.1. The summed E-state index contributed by atoms with van der Waals surface area (Å²) in [6.07, 6.45) is 27.3. The molecule has 18 heteroatoms. The second-order valence-corrected chi connectivity index (χ2v) is 30.2. The van der Waals surface area contributed by atoms with E-state index >= 15 is 0 Å². The number of aromatic nitrogens is 7. The summed E-state index contributed by atoms with van der Waals surface area (Å²) < 4.78 is 31.5. The molecule has 18 nitrogen and oxygen atoms in total. The number of rotatable bonds is 14. The number of nitrogens with zero attached hydrogens (tertiary/aromatic N) is 6. The van der Waals surface area contributed by atoms with Crippen molar-refractivity contribution in [2.24, 2.45) is 0 Å². The quantitative estimate of drug-likeness (QED) is 0.0993. The molecular weight excluding hydrogens is 1580 g/mol. The van der Waals surface area contributed by atoms with Crippen LogP contribution in [0, 0.1) is 88.5 Å². The van der Waals surface area contributed by atoms with Gasteiger partial charge in [-0.3, -0.25) is 0 Å². The van der Waals surface area contributed by atoms with Crippen LogP contribution >= 0.6 is 0 Å². The van der Waals surface area contributed by atoms with E-state index in [0.717, 1.165) is 56.0 Å². The maximum atomic E-state index is 11.9. The molecule has 0 saturated heterocycles. The standard InChI is InChI=1S/C20H15NO3.4C18H15NO2.C17H16N2/c1-3-12-23-18-10-8-15(13-14(18)2)9-11-19-21-17-7-5-4-6-16(17)20(22)24-19;4*1-12-7-8-14(11-13(12)2)9-10-17-19-16-6-4-3-5-15(16)18(20)21-17;1-12-7-8-14(11-13(12)2)9-10-17-18-15-5-3-4-6-16(15)19-17/h1,4-11,13H,12H2,2H3;4*3-11H,1-2H3;3-11H,1-2H3,(H,18,19)/b11-9+;5*10-9+. The number of ether oxygens (including phenoxy) is 1. The molecule has 1 N–H and O–H groups in total. The molecule has 0 aliphatic heterocycles. The topological polar surface area (TPSA) is 253 Å².